The molecule has 0 bridgehead atoms. The maximum atomic E-state index is 12.3. The first-order valence-electron chi connectivity index (χ1n) is 5.24. The van der Waals surface area contributed by atoms with Gasteiger partial charge in [0, 0.05) is 11.8 Å². The SMILES string of the molecule is O=[N+]([O-])c1ccc(CP(=O)(OCCCl)OCCCl)o1. The van der Waals surface area contributed by atoms with Crippen molar-refractivity contribution in [3.05, 3.63) is 28.0 Å². The Morgan fingerprint density at radius 1 is 1.26 bits per heavy atom. The van der Waals surface area contributed by atoms with Crippen molar-refractivity contribution in [3.63, 3.8) is 0 Å². The molecule has 0 aliphatic heterocycles. The summed E-state index contributed by atoms with van der Waals surface area (Å²) in [5.74, 6) is -0.00518. The zero-order chi connectivity index (χ0) is 14.3. The van der Waals surface area contributed by atoms with Crippen molar-refractivity contribution < 1.29 is 23.0 Å². The van der Waals surface area contributed by atoms with E-state index in [2.05, 4.69) is 0 Å². The largest absolute Gasteiger partial charge is 0.433 e. The Labute approximate surface area is 119 Å². The predicted molar refractivity (Wildman–Crippen MR) is 70.0 cm³/mol. The second kappa shape index (κ2) is 7.87. The van der Waals surface area contributed by atoms with Crippen molar-refractivity contribution in [1.29, 1.82) is 0 Å². The van der Waals surface area contributed by atoms with Crippen LogP contribution in [-0.2, 0) is 19.8 Å². The molecule has 108 valence electrons. The lowest BCUT2D eigenvalue weighted by Crippen LogP contribution is -2.03. The normalized spacial score (nSPS) is 11.7. The average Bonchev–Trinajstić information content (AvgIpc) is 2.82. The number of hydrogen-bond acceptors (Lipinski definition) is 6. The number of hydrogen-bond donors (Lipinski definition) is 0. The van der Waals surface area contributed by atoms with Crippen molar-refractivity contribution in [3.8, 4) is 0 Å². The minimum atomic E-state index is -3.48. The maximum Gasteiger partial charge on any atom is 0.433 e. The third-order valence-electron chi connectivity index (χ3n) is 1.91. The number of furan rings is 1. The smallest absolute Gasteiger partial charge is 0.405 e. The molecule has 0 aliphatic carbocycles. The van der Waals surface area contributed by atoms with Gasteiger partial charge < -0.3 is 13.5 Å². The Balaban J connectivity index is 2.74. The highest BCUT2D eigenvalue weighted by Gasteiger charge is 2.28. The third-order valence-corrected chi connectivity index (χ3v) is 4.07. The van der Waals surface area contributed by atoms with Crippen LogP contribution in [0.3, 0.4) is 0 Å². The summed E-state index contributed by atoms with van der Waals surface area (Å²) in [5, 5.41) is 10.5. The molecule has 0 aliphatic rings. The topological polar surface area (TPSA) is 91.8 Å². The van der Waals surface area contributed by atoms with Gasteiger partial charge in [0.2, 0.25) is 0 Å². The van der Waals surface area contributed by atoms with Crippen molar-refractivity contribution in [2.24, 2.45) is 0 Å². The van der Waals surface area contributed by atoms with Crippen molar-refractivity contribution in [2.45, 2.75) is 6.16 Å². The molecule has 1 aromatic rings. The van der Waals surface area contributed by atoms with Gasteiger partial charge in [0.15, 0.2) is 0 Å². The highest BCUT2D eigenvalue weighted by Crippen LogP contribution is 2.51. The van der Waals surface area contributed by atoms with Gasteiger partial charge in [0.05, 0.1) is 19.3 Å². The van der Waals surface area contributed by atoms with E-state index in [9.17, 15) is 14.7 Å². The van der Waals surface area contributed by atoms with Gasteiger partial charge >= 0.3 is 13.5 Å². The van der Waals surface area contributed by atoms with E-state index < -0.39 is 18.4 Å². The number of nitrogens with zero attached hydrogens (tertiary/aromatic N) is 1. The zero-order valence-corrected chi connectivity index (χ0v) is 12.2. The number of halogens is 2. The Bertz CT molecular complexity index is 453. The van der Waals surface area contributed by atoms with E-state index in [-0.39, 0.29) is 36.9 Å². The first-order chi connectivity index (χ1) is 9.00. The number of nitro groups is 1. The van der Waals surface area contributed by atoms with Crippen LogP contribution in [-0.4, -0.2) is 29.9 Å². The van der Waals surface area contributed by atoms with Crippen LogP contribution in [0.5, 0.6) is 0 Å². The van der Waals surface area contributed by atoms with E-state index >= 15 is 0 Å². The van der Waals surface area contributed by atoms with Crippen LogP contribution in [0.25, 0.3) is 0 Å². The van der Waals surface area contributed by atoms with Crippen LogP contribution in [0, 0.1) is 10.1 Å². The van der Waals surface area contributed by atoms with Crippen molar-refractivity contribution in [1.82, 2.24) is 0 Å². The van der Waals surface area contributed by atoms with E-state index in [4.69, 9.17) is 36.7 Å². The Morgan fingerprint density at radius 3 is 2.26 bits per heavy atom. The minimum Gasteiger partial charge on any atom is -0.405 e. The zero-order valence-electron chi connectivity index (χ0n) is 9.79. The summed E-state index contributed by atoms with van der Waals surface area (Å²) < 4.78 is 27.3. The molecule has 0 aromatic carbocycles. The molecule has 1 rings (SSSR count). The van der Waals surface area contributed by atoms with E-state index in [1.807, 2.05) is 0 Å². The van der Waals surface area contributed by atoms with Crippen LogP contribution in [0.4, 0.5) is 5.88 Å². The molecule has 0 radical (unpaired) electrons. The maximum absolute atomic E-state index is 12.3. The van der Waals surface area contributed by atoms with Gasteiger partial charge in [-0.15, -0.1) is 23.2 Å². The fraction of sp³-hybridized carbons (Fsp3) is 0.556. The van der Waals surface area contributed by atoms with Gasteiger partial charge in [-0.05, 0) is 6.07 Å². The quantitative estimate of drug-likeness (QED) is 0.298. The summed E-state index contributed by atoms with van der Waals surface area (Å²) in [5.41, 5.74) is 0. The molecule has 0 saturated carbocycles. The average molecular weight is 332 g/mol. The Morgan fingerprint density at radius 2 is 1.84 bits per heavy atom. The van der Waals surface area contributed by atoms with E-state index in [1.54, 1.807) is 0 Å². The molecule has 1 aromatic heterocycles. The van der Waals surface area contributed by atoms with E-state index in [0.29, 0.717) is 0 Å². The van der Waals surface area contributed by atoms with Crippen LogP contribution in [0.2, 0.25) is 0 Å². The standard InChI is InChI=1S/C9H12Cl2NO6P/c10-3-5-16-19(15,17-6-4-11)7-8-1-2-9(18-8)12(13)14/h1-2H,3-7H2. The Hall–Kier alpha value is -0.590. The van der Waals surface area contributed by atoms with E-state index in [0.717, 1.165) is 0 Å². The fourth-order valence-electron chi connectivity index (χ4n) is 1.22. The van der Waals surface area contributed by atoms with Crippen LogP contribution < -0.4 is 0 Å². The number of alkyl halides is 2. The van der Waals surface area contributed by atoms with Gasteiger partial charge in [-0.2, -0.15) is 0 Å². The molecule has 0 saturated heterocycles. The van der Waals surface area contributed by atoms with Gasteiger partial charge in [0.1, 0.15) is 16.8 Å². The fourth-order valence-corrected chi connectivity index (χ4v) is 3.13. The predicted octanol–water partition coefficient (Wildman–Crippen LogP) is 3.39. The van der Waals surface area contributed by atoms with Crippen LogP contribution in [0.15, 0.2) is 16.5 Å². The highest BCUT2D eigenvalue weighted by molar-refractivity contribution is 7.53. The number of rotatable bonds is 9. The summed E-state index contributed by atoms with van der Waals surface area (Å²) in [4.78, 5) is 9.78. The van der Waals surface area contributed by atoms with Gasteiger partial charge in [0.25, 0.3) is 0 Å². The molecule has 0 fully saturated rings. The molecule has 10 heteroatoms. The molecule has 7 nitrogen and oxygen atoms in total. The molecule has 0 unspecified atom stereocenters. The summed E-state index contributed by atoms with van der Waals surface area (Å²) in [6, 6.07) is 2.52. The minimum absolute atomic E-state index is 0.0317. The summed E-state index contributed by atoms with van der Waals surface area (Å²) in [6.07, 6.45) is -0.214. The van der Waals surface area contributed by atoms with E-state index in [1.165, 1.54) is 12.1 Å². The third kappa shape index (κ3) is 5.50. The lowest BCUT2D eigenvalue weighted by Gasteiger charge is -2.16. The molecule has 1 heterocycles. The summed E-state index contributed by atoms with van der Waals surface area (Å²) >= 11 is 10.9. The summed E-state index contributed by atoms with van der Waals surface area (Å²) in [6.45, 7) is 0.0633. The molecule has 0 spiro atoms. The second-order valence-corrected chi connectivity index (χ2v) is 6.12. The van der Waals surface area contributed by atoms with Crippen LogP contribution >= 0.6 is 30.8 Å². The highest BCUT2D eigenvalue weighted by atomic mass is 35.5. The van der Waals surface area contributed by atoms with Gasteiger partial charge in [-0.1, -0.05) is 0 Å². The second-order valence-electron chi connectivity index (χ2n) is 3.31. The van der Waals surface area contributed by atoms with Crippen molar-refractivity contribution in [2.75, 3.05) is 25.0 Å². The first kappa shape index (κ1) is 16.5. The molecular formula is C9H12Cl2NO6P. The molecular weight excluding hydrogens is 320 g/mol. The monoisotopic (exact) mass is 331 g/mol. The van der Waals surface area contributed by atoms with Gasteiger partial charge in [-0.25, -0.2) is 0 Å². The molecule has 19 heavy (non-hydrogen) atoms. The lowest BCUT2D eigenvalue weighted by molar-refractivity contribution is -0.402. The molecule has 0 amide bonds. The van der Waals surface area contributed by atoms with Crippen molar-refractivity contribution >= 4 is 36.7 Å². The molecule has 0 atom stereocenters. The lowest BCUT2D eigenvalue weighted by atomic mass is 10.5. The van der Waals surface area contributed by atoms with Gasteiger partial charge in [-0.3, -0.25) is 14.7 Å². The van der Waals surface area contributed by atoms with Crippen LogP contribution in [0.1, 0.15) is 5.76 Å². The molecule has 0 N–H and O–H groups in total. The summed E-state index contributed by atoms with van der Waals surface area (Å²) in [7, 11) is -3.48. The first-order valence-corrected chi connectivity index (χ1v) is 8.03. The Kier molecular flexibility index (Phi) is 6.82.